The molecule has 0 amide bonds. The Hall–Kier alpha value is -1.67. The van der Waals surface area contributed by atoms with Crippen molar-refractivity contribution in [1.29, 1.82) is 5.26 Å². The number of aromatic nitrogens is 2. The van der Waals surface area contributed by atoms with E-state index in [0.29, 0.717) is 11.5 Å². The number of aryl methyl sites for hydroxylation is 1. The Labute approximate surface area is 121 Å². The fourth-order valence-corrected chi connectivity index (χ4v) is 2.69. The first kappa shape index (κ1) is 14.7. The first-order valence-electron chi connectivity index (χ1n) is 7.37. The molecular formula is C15H23N5. The number of anilines is 1. The number of nitriles is 1. The molecule has 2 heterocycles. The molecule has 0 unspecified atom stereocenters. The van der Waals surface area contributed by atoms with E-state index in [0.717, 1.165) is 43.3 Å². The standard InChI is InChI=1S/C15H23N5/c1-4-20(10-13-5-7-17-8-6-13)15-14(9-16)11(2)12(3)18-19-15/h13,17H,4-8,10H2,1-3H3. The molecule has 1 N–H and O–H groups in total. The fourth-order valence-electron chi connectivity index (χ4n) is 2.69. The Bertz CT molecular complexity index is 500. The Kier molecular flexibility index (Phi) is 4.91. The number of nitrogens with zero attached hydrogens (tertiary/aromatic N) is 4. The quantitative estimate of drug-likeness (QED) is 0.906. The van der Waals surface area contributed by atoms with Crippen molar-refractivity contribution in [2.24, 2.45) is 5.92 Å². The van der Waals surface area contributed by atoms with Crippen LogP contribution in [-0.4, -0.2) is 36.4 Å². The highest BCUT2D eigenvalue weighted by Gasteiger charge is 2.21. The average Bonchev–Trinajstić information content (AvgIpc) is 2.48. The highest BCUT2D eigenvalue weighted by atomic mass is 15.3. The third-order valence-corrected chi connectivity index (χ3v) is 4.17. The molecule has 0 bridgehead atoms. The first-order valence-corrected chi connectivity index (χ1v) is 7.37. The molecule has 20 heavy (non-hydrogen) atoms. The third kappa shape index (κ3) is 3.07. The summed E-state index contributed by atoms with van der Waals surface area (Å²) in [5, 5.41) is 21.3. The zero-order valence-electron chi connectivity index (χ0n) is 12.6. The van der Waals surface area contributed by atoms with Gasteiger partial charge in [-0.2, -0.15) is 10.4 Å². The second-order valence-electron chi connectivity index (χ2n) is 5.45. The Morgan fingerprint density at radius 1 is 1.30 bits per heavy atom. The van der Waals surface area contributed by atoms with Gasteiger partial charge >= 0.3 is 0 Å². The summed E-state index contributed by atoms with van der Waals surface area (Å²) in [5.41, 5.74) is 2.46. The zero-order chi connectivity index (χ0) is 14.5. The van der Waals surface area contributed by atoms with Gasteiger partial charge in [-0.1, -0.05) is 0 Å². The summed E-state index contributed by atoms with van der Waals surface area (Å²) in [6.07, 6.45) is 2.38. The van der Waals surface area contributed by atoms with Gasteiger partial charge in [0.2, 0.25) is 0 Å². The lowest BCUT2D eigenvalue weighted by atomic mass is 9.97. The molecule has 0 spiro atoms. The van der Waals surface area contributed by atoms with Gasteiger partial charge in [0.05, 0.1) is 5.69 Å². The molecule has 1 aliphatic rings. The summed E-state index contributed by atoms with van der Waals surface area (Å²) >= 11 is 0. The van der Waals surface area contributed by atoms with Gasteiger partial charge in [0.15, 0.2) is 5.82 Å². The Balaban J connectivity index is 2.23. The van der Waals surface area contributed by atoms with Gasteiger partial charge in [-0.15, -0.1) is 5.10 Å². The molecule has 0 radical (unpaired) electrons. The topological polar surface area (TPSA) is 64.8 Å². The molecule has 1 fully saturated rings. The molecule has 0 aliphatic carbocycles. The van der Waals surface area contributed by atoms with Gasteiger partial charge in [0, 0.05) is 13.1 Å². The molecule has 5 nitrogen and oxygen atoms in total. The van der Waals surface area contributed by atoms with Crippen molar-refractivity contribution >= 4 is 5.82 Å². The van der Waals surface area contributed by atoms with Crippen LogP contribution in [0.4, 0.5) is 5.82 Å². The van der Waals surface area contributed by atoms with Crippen LogP contribution < -0.4 is 10.2 Å². The van der Waals surface area contributed by atoms with Crippen molar-refractivity contribution in [3.05, 3.63) is 16.8 Å². The van der Waals surface area contributed by atoms with Crippen molar-refractivity contribution in [1.82, 2.24) is 15.5 Å². The average molecular weight is 273 g/mol. The lowest BCUT2D eigenvalue weighted by Crippen LogP contribution is -2.37. The first-order chi connectivity index (χ1) is 9.67. The predicted molar refractivity (Wildman–Crippen MR) is 79.7 cm³/mol. The van der Waals surface area contributed by atoms with Gasteiger partial charge < -0.3 is 10.2 Å². The minimum absolute atomic E-state index is 0.672. The summed E-state index contributed by atoms with van der Waals surface area (Å²) in [5.74, 6) is 1.42. The van der Waals surface area contributed by atoms with Gasteiger partial charge in [-0.05, 0) is 58.2 Å². The van der Waals surface area contributed by atoms with E-state index in [1.807, 2.05) is 13.8 Å². The number of hydrogen-bond acceptors (Lipinski definition) is 5. The molecule has 5 heteroatoms. The van der Waals surface area contributed by atoms with E-state index in [-0.39, 0.29) is 0 Å². The van der Waals surface area contributed by atoms with Gasteiger partial charge in [-0.25, -0.2) is 0 Å². The molecular weight excluding hydrogens is 250 g/mol. The maximum atomic E-state index is 9.42. The summed E-state index contributed by atoms with van der Waals surface area (Å²) < 4.78 is 0. The minimum Gasteiger partial charge on any atom is -0.354 e. The summed E-state index contributed by atoms with van der Waals surface area (Å²) in [6, 6.07) is 2.30. The number of piperidine rings is 1. The fraction of sp³-hybridized carbons (Fsp3) is 0.667. The van der Waals surface area contributed by atoms with Crippen LogP contribution in [0.5, 0.6) is 0 Å². The lowest BCUT2D eigenvalue weighted by Gasteiger charge is -2.30. The van der Waals surface area contributed by atoms with Crippen LogP contribution in [0.3, 0.4) is 0 Å². The van der Waals surface area contributed by atoms with Crippen molar-refractivity contribution in [3.8, 4) is 6.07 Å². The number of hydrogen-bond donors (Lipinski definition) is 1. The van der Waals surface area contributed by atoms with Crippen LogP contribution in [-0.2, 0) is 0 Å². The van der Waals surface area contributed by atoms with Crippen LogP contribution in [0.25, 0.3) is 0 Å². The maximum absolute atomic E-state index is 9.42. The van der Waals surface area contributed by atoms with E-state index in [9.17, 15) is 5.26 Å². The number of rotatable bonds is 4. The maximum Gasteiger partial charge on any atom is 0.169 e. The van der Waals surface area contributed by atoms with Gasteiger partial charge in [-0.3, -0.25) is 0 Å². The van der Waals surface area contributed by atoms with E-state index < -0.39 is 0 Å². The smallest absolute Gasteiger partial charge is 0.169 e. The molecule has 0 aromatic carbocycles. The molecule has 108 valence electrons. The highest BCUT2D eigenvalue weighted by molar-refractivity contribution is 5.57. The summed E-state index contributed by atoms with van der Waals surface area (Å²) in [4.78, 5) is 2.20. The minimum atomic E-state index is 0.672. The van der Waals surface area contributed by atoms with Crippen molar-refractivity contribution in [2.75, 3.05) is 31.1 Å². The van der Waals surface area contributed by atoms with Crippen LogP contribution in [0, 0.1) is 31.1 Å². The second kappa shape index (κ2) is 6.67. The Morgan fingerprint density at radius 2 is 2.00 bits per heavy atom. The van der Waals surface area contributed by atoms with Gasteiger partial charge in [0.25, 0.3) is 0 Å². The van der Waals surface area contributed by atoms with Crippen molar-refractivity contribution < 1.29 is 0 Å². The van der Waals surface area contributed by atoms with Crippen LogP contribution in [0.1, 0.15) is 36.6 Å². The summed E-state index contributed by atoms with van der Waals surface area (Å²) in [6.45, 7) is 9.96. The zero-order valence-corrected chi connectivity index (χ0v) is 12.6. The van der Waals surface area contributed by atoms with E-state index in [4.69, 9.17) is 0 Å². The second-order valence-corrected chi connectivity index (χ2v) is 5.45. The molecule has 0 saturated carbocycles. The van der Waals surface area contributed by atoms with Crippen LogP contribution >= 0.6 is 0 Å². The van der Waals surface area contributed by atoms with E-state index >= 15 is 0 Å². The molecule has 1 aromatic heterocycles. The van der Waals surface area contributed by atoms with E-state index in [2.05, 4.69) is 33.4 Å². The molecule has 1 aromatic rings. The summed E-state index contributed by atoms with van der Waals surface area (Å²) in [7, 11) is 0. The van der Waals surface area contributed by atoms with Crippen molar-refractivity contribution in [2.45, 2.75) is 33.6 Å². The Morgan fingerprint density at radius 3 is 2.60 bits per heavy atom. The van der Waals surface area contributed by atoms with Gasteiger partial charge in [0.1, 0.15) is 11.6 Å². The largest absolute Gasteiger partial charge is 0.354 e. The molecule has 1 aliphatic heterocycles. The molecule has 2 rings (SSSR count). The highest BCUT2D eigenvalue weighted by Crippen LogP contribution is 2.23. The predicted octanol–water partition coefficient (Wildman–Crippen LogP) is 1.79. The van der Waals surface area contributed by atoms with E-state index in [1.165, 1.54) is 12.8 Å². The normalized spacial score (nSPS) is 15.9. The molecule has 0 atom stereocenters. The van der Waals surface area contributed by atoms with Crippen LogP contribution in [0.15, 0.2) is 0 Å². The monoisotopic (exact) mass is 273 g/mol. The van der Waals surface area contributed by atoms with E-state index in [1.54, 1.807) is 0 Å². The number of nitrogens with one attached hydrogen (secondary N) is 1. The van der Waals surface area contributed by atoms with Crippen molar-refractivity contribution in [3.63, 3.8) is 0 Å². The lowest BCUT2D eigenvalue weighted by molar-refractivity contribution is 0.374. The third-order valence-electron chi connectivity index (χ3n) is 4.17. The SMILES string of the molecule is CCN(CC1CCNCC1)c1nnc(C)c(C)c1C#N. The van der Waals surface area contributed by atoms with Crippen LogP contribution in [0.2, 0.25) is 0 Å². The molecule has 1 saturated heterocycles.